The quantitative estimate of drug-likeness (QED) is 0.212. The molecule has 0 bridgehead atoms. The van der Waals surface area contributed by atoms with Crippen LogP contribution in [-0.2, 0) is 19.1 Å². The average Bonchev–Trinajstić information content (AvgIpc) is 2.64. The number of esters is 2. The van der Waals surface area contributed by atoms with Gasteiger partial charge < -0.3 is 9.47 Å². The smallest absolute Gasteiger partial charge is 0.305 e. The van der Waals surface area contributed by atoms with Gasteiger partial charge in [0.25, 0.3) is 0 Å². The molecule has 0 aromatic heterocycles. The molecule has 0 heterocycles. The number of rotatable bonds is 18. The van der Waals surface area contributed by atoms with Crippen LogP contribution in [0.25, 0.3) is 0 Å². The first kappa shape index (κ1) is 24.9. The van der Waals surface area contributed by atoms with Gasteiger partial charge in [-0.25, -0.2) is 0 Å². The van der Waals surface area contributed by atoms with Gasteiger partial charge >= 0.3 is 11.9 Å². The predicted octanol–water partition coefficient (Wildman–Crippen LogP) is 6.21. The van der Waals surface area contributed by atoms with Crippen LogP contribution in [0.4, 0.5) is 0 Å². The highest BCUT2D eigenvalue weighted by molar-refractivity contribution is 5.69. The van der Waals surface area contributed by atoms with Crippen LogP contribution in [0.2, 0.25) is 0 Å². The van der Waals surface area contributed by atoms with E-state index in [4.69, 9.17) is 9.47 Å². The van der Waals surface area contributed by atoms with Crippen LogP contribution in [0, 0.1) is 5.92 Å². The van der Waals surface area contributed by atoms with E-state index < -0.39 is 0 Å². The molecule has 0 radical (unpaired) electrons. The van der Waals surface area contributed by atoms with Crippen LogP contribution in [0.3, 0.4) is 0 Å². The van der Waals surface area contributed by atoms with Gasteiger partial charge in [0, 0.05) is 12.8 Å². The van der Waals surface area contributed by atoms with Crippen molar-refractivity contribution < 1.29 is 19.1 Å². The van der Waals surface area contributed by atoms with Crippen molar-refractivity contribution in [3.8, 4) is 0 Å². The molecule has 0 fully saturated rings. The third-order valence-corrected chi connectivity index (χ3v) is 4.60. The van der Waals surface area contributed by atoms with E-state index in [0.717, 1.165) is 32.1 Å². The van der Waals surface area contributed by atoms with Crippen molar-refractivity contribution in [2.24, 2.45) is 5.92 Å². The summed E-state index contributed by atoms with van der Waals surface area (Å²) in [5, 5.41) is 0. The van der Waals surface area contributed by atoms with Gasteiger partial charge in [0.2, 0.25) is 0 Å². The maximum atomic E-state index is 11.5. The Morgan fingerprint density at radius 2 is 1.12 bits per heavy atom. The number of ether oxygens (including phenoxy) is 2. The van der Waals surface area contributed by atoms with E-state index in [2.05, 4.69) is 6.92 Å². The van der Waals surface area contributed by atoms with Gasteiger partial charge in [-0.3, -0.25) is 9.59 Å². The molecule has 4 heteroatoms. The topological polar surface area (TPSA) is 52.6 Å². The SMILES string of the molecule is CCCOC(=O)CCCCCCCCCCC(C)CCC(=O)OCCC. The second-order valence-electron chi connectivity index (χ2n) is 7.45. The first-order valence-electron chi connectivity index (χ1n) is 10.9. The fourth-order valence-electron chi connectivity index (χ4n) is 2.91. The lowest BCUT2D eigenvalue weighted by molar-refractivity contribution is -0.144. The maximum Gasteiger partial charge on any atom is 0.305 e. The van der Waals surface area contributed by atoms with Gasteiger partial charge in [-0.05, 0) is 31.6 Å². The van der Waals surface area contributed by atoms with Crippen LogP contribution >= 0.6 is 0 Å². The molecule has 0 saturated heterocycles. The molecule has 1 unspecified atom stereocenters. The van der Waals surface area contributed by atoms with Crippen molar-refractivity contribution in [3.63, 3.8) is 0 Å². The number of carbonyl (C=O) groups is 2. The van der Waals surface area contributed by atoms with Crippen LogP contribution < -0.4 is 0 Å². The van der Waals surface area contributed by atoms with Crippen LogP contribution in [-0.4, -0.2) is 25.2 Å². The normalized spacial score (nSPS) is 12.0. The van der Waals surface area contributed by atoms with E-state index in [1.807, 2.05) is 13.8 Å². The largest absolute Gasteiger partial charge is 0.466 e. The van der Waals surface area contributed by atoms with Crippen molar-refractivity contribution in [2.45, 2.75) is 111 Å². The van der Waals surface area contributed by atoms with E-state index in [9.17, 15) is 9.59 Å². The lowest BCUT2D eigenvalue weighted by Crippen LogP contribution is -2.07. The molecule has 0 aromatic rings. The molecule has 0 aromatic carbocycles. The highest BCUT2D eigenvalue weighted by Crippen LogP contribution is 2.17. The molecule has 0 aliphatic heterocycles. The second-order valence-corrected chi connectivity index (χ2v) is 7.45. The molecule has 0 saturated carbocycles. The Bertz CT molecular complexity index is 341. The average molecular weight is 371 g/mol. The number of carbonyl (C=O) groups excluding carboxylic acids is 2. The third kappa shape index (κ3) is 17.8. The molecule has 0 aliphatic carbocycles. The molecule has 154 valence electrons. The number of unbranched alkanes of at least 4 members (excludes halogenated alkanes) is 7. The van der Waals surface area contributed by atoms with Gasteiger partial charge in [0.1, 0.15) is 0 Å². The van der Waals surface area contributed by atoms with Gasteiger partial charge in [-0.2, -0.15) is 0 Å². The second kappa shape index (κ2) is 18.7. The third-order valence-electron chi connectivity index (χ3n) is 4.60. The Hall–Kier alpha value is -1.06. The maximum absolute atomic E-state index is 11.5. The molecule has 0 amide bonds. The van der Waals surface area contributed by atoms with Crippen LogP contribution in [0.15, 0.2) is 0 Å². The highest BCUT2D eigenvalue weighted by atomic mass is 16.5. The van der Waals surface area contributed by atoms with Crippen molar-refractivity contribution in [1.82, 2.24) is 0 Å². The van der Waals surface area contributed by atoms with Gasteiger partial charge in [-0.15, -0.1) is 0 Å². The molecular formula is C22H42O4. The minimum atomic E-state index is -0.0441. The van der Waals surface area contributed by atoms with E-state index in [1.165, 1.54) is 44.9 Å². The van der Waals surface area contributed by atoms with Crippen molar-refractivity contribution in [2.75, 3.05) is 13.2 Å². The fraction of sp³-hybridized carbons (Fsp3) is 0.909. The van der Waals surface area contributed by atoms with Gasteiger partial charge in [0.05, 0.1) is 13.2 Å². The minimum absolute atomic E-state index is 0.0420. The van der Waals surface area contributed by atoms with Crippen LogP contribution in [0.1, 0.15) is 111 Å². The first-order chi connectivity index (χ1) is 12.6. The summed E-state index contributed by atoms with van der Waals surface area (Å²) in [5.41, 5.74) is 0. The summed E-state index contributed by atoms with van der Waals surface area (Å²) in [6.07, 6.45) is 14.8. The molecular weight excluding hydrogens is 328 g/mol. The fourth-order valence-corrected chi connectivity index (χ4v) is 2.91. The molecule has 0 aliphatic rings. The molecule has 0 rings (SSSR count). The first-order valence-corrected chi connectivity index (χ1v) is 10.9. The van der Waals surface area contributed by atoms with Crippen LogP contribution in [0.5, 0.6) is 0 Å². The summed E-state index contributed by atoms with van der Waals surface area (Å²) in [7, 11) is 0. The predicted molar refractivity (Wildman–Crippen MR) is 107 cm³/mol. The van der Waals surface area contributed by atoms with Crippen molar-refractivity contribution in [3.05, 3.63) is 0 Å². The summed E-state index contributed by atoms with van der Waals surface area (Å²) in [6.45, 7) is 7.37. The molecule has 26 heavy (non-hydrogen) atoms. The zero-order valence-corrected chi connectivity index (χ0v) is 17.5. The standard InChI is InChI=1S/C22H42O4/c1-4-18-25-21(23)15-13-11-9-7-6-8-10-12-14-20(3)16-17-22(24)26-19-5-2/h20H,4-19H2,1-3H3. The minimum Gasteiger partial charge on any atom is -0.466 e. The number of hydrogen-bond donors (Lipinski definition) is 0. The van der Waals surface area contributed by atoms with Gasteiger partial charge in [0.15, 0.2) is 0 Å². The highest BCUT2D eigenvalue weighted by Gasteiger charge is 2.07. The van der Waals surface area contributed by atoms with E-state index in [-0.39, 0.29) is 11.9 Å². The summed E-state index contributed by atoms with van der Waals surface area (Å²) in [5.74, 6) is 0.522. The lowest BCUT2D eigenvalue weighted by atomic mass is 9.97. The van der Waals surface area contributed by atoms with Gasteiger partial charge in [-0.1, -0.05) is 72.1 Å². The Kier molecular flexibility index (Phi) is 18.0. The zero-order valence-electron chi connectivity index (χ0n) is 17.5. The monoisotopic (exact) mass is 370 g/mol. The number of hydrogen-bond acceptors (Lipinski definition) is 4. The van der Waals surface area contributed by atoms with E-state index >= 15 is 0 Å². The Balaban J connectivity index is 3.30. The Morgan fingerprint density at radius 3 is 1.65 bits per heavy atom. The van der Waals surface area contributed by atoms with Crippen molar-refractivity contribution >= 4 is 11.9 Å². The Labute approximate surface area is 161 Å². The lowest BCUT2D eigenvalue weighted by Gasteiger charge is -2.10. The van der Waals surface area contributed by atoms with E-state index in [0.29, 0.717) is 32.0 Å². The molecule has 0 N–H and O–H groups in total. The summed E-state index contributed by atoms with van der Waals surface area (Å²) >= 11 is 0. The summed E-state index contributed by atoms with van der Waals surface area (Å²) in [6, 6.07) is 0. The Morgan fingerprint density at radius 1 is 0.654 bits per heavy atom. The molecule has 0 spiro atoms. The van der Waals surface area contributed by atoms with E-state index in [1.54, 1.807) is 0 Å². The zero-order chi connectivity index (χ0) is 19.5. The summed E-state index contributed by atoms with van der Waals surface area (Å²) < 4.78 is 10.2. The molecule has 1 atom stereocenters. The molecule has 4 nitrogen and oxygen atoms in total. The summed E-state index contributed by atoms with van der Waals surface area (Å²) in [4.78, 5) is 22.8. The van der Waals surface area contributed by atoms with Crippen molar-refractivity contribution in [1.29, 1.82) is 0 Å².